The number of hydrogen-bond donors (Lipinski definition) is 2. The van der Waals surface area contributed by atoms with E-state index in [1.807, 2.05) is 7.05 Å². The Balaban J connectivity index is 1.64. The molecular formula is C12H18N4OS. The number of amides is 1. The van der Waals surface area contributed by atoms with E-state index in [2.05, 4.69) is 20.5 Å². The minimum Gasteiger partial charge on any atom is -0.365 e. The van der Waals surface area contributed by atoms with Crippen molar-refractivity contribution in [2.75, 3.05) is 32.0 Å². The second-order valence-corrected chi connectivity index (χ2v) is 6.03. The lowest BCUT2D eigenvalue weighted by Gasteiger charge is -2.44. The van der Waals surface area contributed by atoms with Gasteiger partial charge in [0.05, 0.1) is 6.20 Å². The van der Waals surface area contributed by atoms with Crippen LogP contribution in [0.25, 0.3) is 0 Å². The molecule has 0 aromatic carbocycles. The summed E-state index contributed by atoms with van der Waals surface area (Å²) in [6.45, 7) is 3.40. The second kappa shape index (κ2) is 4.85. The average molecular weight is 266 g/mol. The lowest BCUT2D eigenvalue weighted by Crippen LogP contribution is -2.57. The maximum absolute atomic E-state index is 12.1. The molecule has 6 heteroatoms. The van der Waals surface area contributed by atoms with E-state index in [1.165, 1.54) is 37.3 Å². The molecule has 3 fully saturated rings. The Morgan fingerprint density at radius 2 is 2.28 bits per heavy atom. The number of hydrogen-bond acceptors (Lipinski definition) is 5. The largest absolute Gasteiger partial charge is 0.365 e. The van der Waals surface area contributed by atoms with Gasteiger partial charge in [0, 0.05) is 19.6 Å². The van der Waals surface area contributed by atoms with Crippen LogP contribution in [0.4, 0.5) is 5.13 Å². The van der Waals surface area contributed by atoms with Crippen LogP contribution in [-0.4, -0.2) is 48.5 Å². The number of piperidine rings is 3. The SMILES string of the molecule is CNc1ncc(C(=O)N[C@H]2CN3CCC2CC3)s1. The molecule has 3 aliphatic heterocycles. The fourth-order valence-electron chi connectivity index (χ4n) is 2.86. The molecule has 4 heterocycles. The molecule has 1 atom stereocenters. The average Bonchev–Trinajstić information content (AvgIpc) is 2.89. The zero-order valence-electron chi connectivity index (χ0n) is 10.5. The maximum Gasteiger partial charge on any atom is 0.263 e. The molecule has 18 heavy (non-hydrogen) atoms. The maximum atomic E-state index is 12.1. The number of fused-ring (bicyclic) bond motifs is 3. The van der Waals surface area contributed by atoms with Crippen molar-refractivity contribution in [3.8, 4) is 0 Å². The summed E-state index contributed by atoms with van der Waals surface area (Å²) in [4.78, 5) is 19.4. The van der Waals surface area contributed by atoms with E-state index in [9.17, 15) is 4.79 Å². The van der Waals surface area contributed by atoms with Gasteiger partial charge in [-0.25, -0.2) is 4.98 Å². The Morgan fingerprint density at radius 1 is 1.50 bits per heavy atom. The third kappa shape index (κ3) is 2.22. The normalized spacial score (nSPS) is 30.2. The van der Waals surface area contributed by atoms with Gasteiger partial charge in [-0.2, -0.15) is 0 Å². The molecule has 0 saturated carbocycles. The van der Waals surface area contributed by atoms with Crippen LogP contribution < -0.4 is 10.6 Å². The Bertz CT molecular complexity index is 439. The lowest BCUT2D eigenvalue weighted by molar-refractivity contribution is 0.0622. The van der Waals surface area contributed by atoms with E-state index in [0.29, 0.717) is 16.8 Å². The third-order valence-corrected chi connectivity index (χ3v) is 4.93. The van der Waals surface area contributed by atoms with Crippen molar-refractivity contribution < 1.29 is 4.79 Å². The zero-order chi connectivity index (χ0) is 12.5. The van der Waals surface area contributed by atoms with Gasteiger partial charge in [-0.05, 0) is 31.8 Å². The Labute approximate surface area is 111 Å². The van der Waals surface area contributed by atoms with Crippen LogP contribution in [0.15, 0.2) is 6.20 Å². The van der Waals surface area contributed by atoms with Crippen LogP contribution in [0.2, 0.25) is 0 Å². The summed E-state index contributed by atoms with van der Waals surface area (Å²) in [5.41, 5.74) is 0. The smallest absolute Gasteiger partial charge is 0.263 e. The summed E-state index contributed by atoms with van der Waals surface area (Å²) in [5, 5.41) is 6.90. The summed E-state index contributed by atoms with van der Waals surface area (Å²) < 4.78 is 0. The van der Waals surface area contributed by atoms with E-state index < -0.39 is 0 Å². The minimum atomic E-state index is 0.0211. The van der Waals surface area contributed by atoms with E-state index in [4.69, 9.17) is 0 Å². The van der Waals surface area contributed by atoms with Gasteiger partial charge in [0.2, 0.25) is 0 Å². The molecule has 98 valence electrons. The topological polar surface area (TPSA) is 57.3 Å². The van der Waals surface area contributed by atoms with Crippen LogP contribution in [0, 0.1) is 5.92 Å². The second-order valence-electron chi connectivity index (χ2n) is 5.00. The molecule has 3 aliphatic rings. The highest BCUT2D eigenvalue weighted by Gasteiger charge is 2.35. The predicted molar refractivity (Wildman–Crippen MR) is 72.1 cm³/mol. The Kier molecular flexibility index (Phi) is 3.22. The summed E-state index contributed by atoms with van der Waals surface area (Å²) in [6, 6.07) is 0.320. The van der Waals surface area contributed by atoms with Gasteiger partial charge in [-0.15, -0.1) is 0 Å². The van der Waals surface area contributed by atoms with Gasteiger partial charge < -0.3 is 15.5 Å². The monoisotopic (exact) mass is 266 g/mol. The van der Waals surface area contributed by atoms with Crippen LogP contribution in [0.5, 0.6) is 0 Å². The summed E-state index contributed by atoms with van der Waals surface area (Å²) in [7, 11) is 1.81. The number of nitrogens with zero attached hydrogens (tertiary/aromatic N) is 2. The van der Waals surface area contributed by atoms with Crippen molar-refractivity contribution in [1.29, 1.82) is 0 Å². The van der Waals surface area contributed by atoms with Gasteiger partial charge in [-0.3, -0.25) is 4.79 Å². The molecular weight excluding hydrogens is 248 g/mol. The molecule has 5 nitrogen and oxygen atoms in total. The zero-order valence-corrected chi connectivity index (χ0v) is 11.3. The molecule has 1 aromatic rings. The number of aromatic nitrogens is 1. The molecule has 0 spiro atoms. The van der Waals surface area contributed by atoms with Crippen molar-refractivity contribution in [1.82, 2.24) is 15.2 Å². The first-order chi connectivity index (χ1) is 8.76. The van der Waals surface area contributed by atoms with Crippen molar-refractivity contribution in [2.24, 2.45) is 5.92 Å². The number of nitrogens with one attached hydrogen (secondary N) is 2. The predicted octanol–water partition coefficient (Wildman–Crippen LogP) is 1.01. The Morgan fingerprint density at radius 3 is 2.83 bits per heavy atom. The fourth-order valence-corrected chi connectivity index (χ4v) is 3.54. The van der Waals surface area contributed by atoms with Crippen LogP contribution >= 0.6 is 11.3 Å². The van der Waals surface area contributed by atoms with E-state index >= 15 is 0 Å². The van der Waals surface area contributed by atoms with Crippen molar-refractivity contribution in [3.63, 3.8) is 0 Å². The first-order valence-electron chi connectivity index (χ1n) is 6.43. The Hall–Kier alpha value is -1.14. The number of carbonyl (C=O) groups is 1. The molecule has 0 unspecified atom stereocenters. The van der Waals surface area contributed by atoms with Gasteiger partial charge in [-0.1, -0.05) is 11.3 Å². The first-order valence-corrected chi connectivity index (χ1v) is 7.24. The van der Waals surface area contributed by atoms with Crippen molar-refractivity contribution in [2.45, 2.75) is 18.9 Å². The van der Waals surface area contributed by atoms with E-state index in [-0.39, 0.29) is 5.91 Å². The highest BCUT2D eigenvalue weighted by atomic mass is 32.1. The standard InChI is InChI=1S/C12H18N4OS/c1-13-12-14-6-10(18-12)11(17)15-9-7-16-4-2-8(9)3-5-16/h6,8-9H,2-5,7H2,1H3,(H,13,14)(H,15,17)/t9-/m0/s1. The number of anilines is 1. The number of carbonyl (C=O) groups excluding carboxylic acids is 1. The highest BCUT2D eigenvalue weighted by Crippen LogP contribution is 2.28. The van der Waals surface area contributed by atoms with Crippen LogP contribution in [-0.2, 0) is 0 Å². The van der Waals surface area contributed by atoms with Gasteiger partial charge >= 0.3 is 0 Å². The number of thiazole rings is 1. The van der Waals surface area contributed by atoms with E-state index in [1.54, 1.807) is 6.20 Å². The first kappa shape index (κ1) is 11.9. The molecule has 1 amide bonds. The quantitative estimate of drug-likeness (QED) is 0.857. The summed E-state index contributed by atoms with van der Waals surface area (Å²) >= 11 is 1.40. The van der Waals surface area contributed by atoms with Crippen LogP contribution in [0.1, 0.15) is 22.5 Å². The number of rotatable bonds is 3. The van der Waals surface area contributed by atoms with Gasteiger partial charge in [0.15, 0.2) is 5.13 Å². The molecule has 0 radical (unpaired) electrons. The molecule has 1 aromatic heterocycles. The lowest BCUT2D eigenvalue weighted by atomic mass is 9.84. The fraction of sp³-hybridized carbons (Fsp3) is 0.667. The van der Waals surface area contributed by atoms with Gasteiger partial charge in [0.25, 0.3) is 5.91 Å². The third-order valence-electron chi connectivity index (χ3n) is 3.92. The molecule has 0 aliphatic carbocycles. The molecule has 4 rings (SSSR count). The van der Waals surface area contributed by atoms with Crippen molar-refractivity contribution in [3.05, 3.63) is 11.1 Å². The van der Waals surface area contributed by atoms with Crippen molar-refractivity contribution >= 4 is 22.4 Å². The van der Waals surface area contributed by atoms with Crippen LogP contribution in [0.3, 0.4) is 0 Å². The minimum absolute atomic E-state index is 0.0211. The summed E-state index contributed by atoms with van der Waals surface area (Å²) in [5.74, 6) is 0.684. The molecule has 3 saturated heterocycles. The van der Waals surface area contributed by atoms with Gasteiger partial charge in [0.1, 0.15) is 4.88 Å². The highest BCUT2D eigenvalue weighted by molar-refractivity contribution is 7.17. The molecule has 2 bridgehead atoms. The van der Waals surface area contributed by atoms with E-state index in [0.717, 1.165) is 11.7 Å². The summed E-state index contributed by atoms with van der Waals surface area (Å²) in [6.07, 6.45) is 4.08. The molecule has 2 N–H and O–H groups in total.